The molecule has 0 spiro atoms. The number of carboxylic acid groups (broad SMARTS) is 1. The molecule has 3 rings (SSSR count). The first kappa shape index (κ1) is 16.4. The maximum absolute atomic E-state index is 11.1. The van der Waals surface area contributed by atoms with Gasteiger partial charge in [0.25, 0.3) is 0 Å². The number of anilines is 1. The van der Waals surface area contributed by atoms with Crippen LogP contribution in [0.5, 0.6) is 0 Å². The molecule has 0 fully saturated rings. The second kappa shape index (κ2) is 7.40. The van der Waals surface area contributed by atoms with Crippen LogP contribution < -0.4 is 5.32 Å². The first-order valence-electron chi connectivity index (χ1n) is 7.78. The number of benzene rings is 2. The van der Waals surface area contributed by atoms with Gasteiger partial charge in [-0.05, 0) is 5.56 Å². The molecule has 3 aromatic rings. The van der Waals surface area contributed by atoms with Crippen molar-refractivity contribution in [1.29, 1.82) is 0 Å². The van der Waals surface area contributed by atoms with Gasteiger partial charge in [-0.15, -0.1) is 0 Å². The molecule has 0 radical (unpaired) electrons. The SMILES string of the molecule is C=C(Nc1ncc(-c2ccccc2)nc1Cc1ccccc1)C(=O)O. The lowest BCUT2D eigenvalue weighted by Crippen LogP contribution is -2.13. The van der Waals surface area contributed by atoms with E-state index in [1.54, 1.807) is 6.20 Å². The Morgan fingerprint density at radius 1 is 1.04 bits per heavy atom. The number of aliphatic carboxylic acids is 1. The molecule has 0 aliphatic heterocycles. The molecule has 124 valence electrons. The fourth-order valence-electron chi connectivity index (χ4n) is 2.39. The number of carbonyl (C=O) groups is 1. The molecule has 5 heteroatoms. The third kappa shape index (κ3) is 4.09. The molecule has 0 unspecified atom stereocenters. The molecule has 5 nitrogen and oxygen atoms in total. The van der Waals surface area contributed by atoms with Crippen LogP contribution in [0.3, 0.4) is 0 Å². The van der Waals surface area contributed by atoms with Gasteiger partial charge in [-0.1, -0.05) is 67.2 Å². The maximum Gasteiger partial charge on any atom is 0.351 e. The van der Waals surface area contributed by atoms with Crippen LogP contribution in [-0.2, 0) is 11.2 Å². The second-order valence-corrected chi connectivity index (χ2v) is 5.49. The largest absolute Gasteiger partial charge is 0.477 e. The van der Waals surface area contributed by atoms with Crippen LogP contribution in [0.15, 0.2) is 79.1 Å². The van der Waals surface area contributed by atoms with Crippen molar-refractivity contribution in [1.82, 2.24) is 9.97 Å². The van der Waals surface area contributed by atoms with E-state index in [9.17, 15) is 4.79 Å². The van der Waals surface area contributed by atoms with Crippen molar-refractivity contribution in [3.05, 3.63) is 90.4 Å². The van der Waals surface area contributed by atoms with Gasteiger partial charge in [0.05, 0.1) is 17.6 Å². The zero-order valence-corrected chi connectivity index (χ0v) is 13.5. The molecule has 25 heavy (non-hydrogen) atoms. The van der Waals surface area contributed by atoms with E-state index < -0.39 is 5.97 Å². The van der Waals surface area contributed by atoms with Crippen molar-refractivity contribution in [3.8, 4) is 11.3 Å². The molecule has 0 saturated carbocycles. The third-order valence-electron chi connectivity index (χ3n) is 3.66. The minimum absolute atomic E-state index is 0.143. The van der Waals surface area contributed by atoms with Crippen molar-refractivity contribution in [2.24, 2.45) is 0 Å². The summed E-state index contributed by atoms with van der Waals surface area (Å²) in [6, 6.07) is 19.6. The van der Waals surface area contributed by atoms with Crippen LogP contribution in [0.25, 0.3) is 11.3 Å². The van der Waals surface area contributed by atoms with Crippen LogP contribution >= 0.6 is 0 Å². The first-order valence-corrected chi connectivity index (χ1v) is 7.78. The van der Waals surface area contributed by atoms with E-state index in [4.69, 9.17) is 10.1 Å². The summed E-state index contributed by atoms with van der Waals surface area (Å²) in [5, 5.41) is 11.8. The summed E-state index contributed by atoms with van der Waals surface area (Å²) in [6.45, 7) is 3.50. The highest BCUT2D eigenvalue weighted by atomic mass is 16.4. The van der Waals surface area contributed by atoms with E-state index >= 15 is 0 Å². The minimum Gasteiger partial charge on any atom is -0.477 e. The van der Waals surface area contributed by atoms with Crippen LogP contribution in [0, 0.1) is 0 Å². The second-order valence-electron chi connectivity index (χ2n) is 5.49. The quantitative estimate of drug-likeness (QED) is 0.673. The molecule has 0 aliphatic rings. The Bertz CT molecular complexity index is 893. The molecule has 0 amide bonds. The average molecular weight is 331 g/mol. The van der Waals surface area contributed by atoms with Crippen LogP contribution in [0.2, 0.25) is 0 Å². The molecule has 0 bridgehead atoms. The lowest BCUT2D eigenvalue weighted by atomic mass is 10.1. The molecule has 0 saturated heterocycles. The smallest absolute Gasteiger partial charge is 0.351 e. The van der Waals surface area contributed by atoms with Crippen LogP contribution in [0.4, 0.5) is 5.82 Å². The standard InChI is InChI=1S/C20H17N3O2/c1-14(20(24)25)22-19-17(12-15-8-4-2-5-9-15)23-18(13-21-19)16-10-6-3-7-11-16/h2-11,13H,1,12H2,(H,21,22)(H,24,25). The van der Waals surface area contributed by atoms with E-state index in [0.717, 1.165) is 16.8 Å². The van der Waals surface area contributed by atoms with E-state index in [2.05, 4.69) is 16.9 Å². The number of nitrogens with zero attached hydrogens (tertiary/aromatic N) is 2. The molecular formula is C20H17N3O2. The number of hydrogen-bond acceptors (Lipinski definition) is 4. The Morgan fingerprint density at radius 2 is 1.68 bits per heavy atom. The van der Waals surface area contributed by atoms with Crippen molar-refractivity contribution < 1.29 is 9.90 Å². The van der Waals surface area contributed by atoms with Crippen LogP contribution in [-0.4, -0.2) is 21.0 Å². The van der Waals surface area contributed by atoms with Gasteiger partial charge in [0.2, 0.25) is 0 Å². The van der Waals surface area contributed by atoms with Crippen LogP contribution in [0.1, 0.15) is 11.3 Å². The Labute approximate surface area is 145 Å². The summed E-state index contributed by atoms with van der Waals surface area (Å²) in [6.07, 6.45) is 2.16. The lowest BCUT2D eigenvalue weighted by molar-refractivity contribution is -0.132. The van der Waals surface area contributed by atoms with Gasteiger partial charge in [0.15, 0.2) is 5.82 Å². The summed E-state index contributed by atoms with van der Waals surface area (Å²) in [7, 11) is 0. The van der Waals surface area contributed by atoms with Gasteiger partial charge < -0.3 is 10.4 Å². The maximum atomic E-state index is 11.1. The van der Waals surface area contributed by atoms with E-state index in [1.807, 2.05) is 60.7 Å². The molecule has 0 atom stereocenters. The topological polar surface area (TPSA) is 75.1 Å². The number of nitrogens with one attached hydrogen (secondary N) is 1. The van der Waals surface area contributed by atoms with Gasteiger partial charge in [-0.2, -0.15) is 0 Å². The van der Waals surface area contributed by atoms with Gasteiger partial charge >= 0.3 is 5.97 Å². The minimum atomic E-state index is -1.13. The zero-order valence-electron chi connectivity index (χ0n) is 13.5. The normalized spacial score (nSPS) is 10.2. The third-order valence-corrected chi connectivity index (χ3v) is 3.66. The number of carboxylic acids is 1. The fourth-order valence-corrected chi connectivity index (χ4v) is 2.39. The van der Waals surface area contributed by atoms with Gasteiger partial charge in [-0.25, -0.2) is 14.8 Å². The Morgan fingerprint density at radius 3 is 2.32 bits per heavy atom. The average Bonchev–Trinajstić information content (AvgIpc) is 2.64. The number of aromatic nitrogens is 2. The summed E-state index contributed by atoms with van der Waals surface area (Å²) < 4.78 is 0. The highest BCUT2D eigenvalue weighted by molar-refractivity contribution is 5.89. The summed E-state index contributed by atoms with van der Waals surface area (Å²) in [5.74, 6) is -0.726. The Hall–Kier alpha value is -3.47. The van der Waals surface area contributed by atoms with Crippen molar-refractivity contribution in [3.63, 3.8) is 0 Å². The molecule has 1 aromatic heterocycles. The molecular weight excluding hydrogens is 314 g/mol. The molecule has 0 aliphatic carbocycles. The summed E-state index contributed by atoms with van der Waals surface area (Å²) in [4.78, 5) is 20.1. The molecule has 2 N–H and O–H groups in total. The zero-order chi connectivity index (χ0) is 17.6. The van der Waals surface area contributed by atoms with Crippen molar-refractivity contribution >= 4 is 11.8 Å². The first-order chi connectivity index (χ1) is 12.1. The molecule has 1 heterocycles. The monoisotopic (exact) mass is 331 g/mol. The lowest BCUT2D eigenvalue weighted by Gasteiger charge is -2.12. The highest BCUT2D eigenvalue weighted by Crippen LogP contribution is 2.22. The van der Waals surface area contributed by atoms with E-state index in [0.29, 0.717) is 17.9 Å². The van der Waals surface area contributed by atoms with E-state index in [-0.39, 0.29) is 5.70 Å². The predicted octanol–water partition coefficient (Wildman–Crippen LogP) is 3.74. The molecule has 2 aromatic carbocycles. The summed E-state index contributed by atoms with van der Waals surface area (Å²) >= 11 is 0. The highest BCUT2D eigenvalue weighted by Gasteiger charge is 2.13. The Balaban J connectivity index is 1.99. The fraction of sp³-hybridized carbons (Fsp3) is 0.0500. The Kier molecular flexibility index (Phi) is 4.85. The predicted molar refractivity (Wildman–Crippen MR) is 97.1 cm³/mol. The number of rotatable bonds is 6. The van der Waals surface area contributed by atoms with Crippen molar-refractivity contribution in [2.45, 2.75) is 6.42 Å². The summed E-state index contributed by atoms with van der Waals surface area (Å²) in [5.41, 5.74) is 3.27. The van der Waals surface area contributed by atoms with Gasteiger partial charge in [-0.3, -0.25) is 0 Å². The van der Waals surface area contributed by atoms with Gasteiger partial charge in [0.1, 0.15) is 5.70 Å². The number of hydrogen-bond donors (Lipinski definition) is 2. The van der Waals surface area contributed by atoms with Crippen molar-refractivity contribution in [2.75, 3.05) is 5.32 Å². The van der Waals surface area contributed by atoms with Gasteiger partial charge in [0, 0.05) is 12.0 Å². The van der Waals surface area contributed by atoms with E-state index in [1.165, 1.54) is 0 Å².